The summed E-state index contributed by atoms with van der Waals surface area (Å²) in [5, 5.41) is 3.94. The molecule has 1 fully saturated rings. The van der Waals surface area contributed by atoms with Crippen LogP contribution in [0, 0.1) is 11.7 Å². The average Bonchev–Trinajstić information content (AvgIpc) is 2.54. The van der Waals surface area contributed by atoms with Crippen LogP contribution in [0.3, 0.4) is 0 Å². The largest absolute Gasteiger partial charge is 0.354 e. The number of carbonyl (C=O) groups excluding carboxylic acids is 1. The van der Waals surface area contributed by atoms with Crippen LogP contribution in [0.5, 0.6) is 0 Å². The Balaban J connectivity index is 1.75. The van der Waals surface area contributed by atoms with Crippen molar-refractivity contribution in [3.8, 4) is 0 Å². The van der Waals surface area contributed by atoms with Crippen LogP contribution in [0.2, 0.25) is 0 Å². The minimum Gasteiger partial charge on any atom is -0.354 e. The minimum atomic E-state index is -0.209. The van der Waals surface area contributed by atoms with Gasteiger partial charge in [0.05, 0.1) is 5.52 Å². The first kappa shape index (κ1) is 15.9. The van der Waals surface area contributed by atoms with E-state index in [9.17, 15) is 9.18 Å². The second kappa shape index (κ2) is 6.65. The molecule has 0 radical (unpaired) electrons. The fourth-order valence-corrected chi connectivity index (χ4v) is 3.86. The topological polar surface area (TPSA) is 42.0 Å². The number of carbonyl (C=O) groups is 1. The summed E-state index contributed by atoms with van der Waals surface area (Å²) >= 11 is 0. The molecule has 23 heavy (non-hydrogen) atoms. The predicted octanol–water partition coefficient (Wildman–Crippen LogP) is 4.17. The summed E-state index contributed by atoms with van der Waals surface area (Å²) in [5.74, 6) is 0.804. The molecule has 0 spiro atoms. The monoisotopic (exact) mass is 314 g/mol. The van der Waals surface area contributed by atoms with E-state index in [1.54, 1.807) is 19.1 Å². The Morgan fingerprint density at radius 2 is 2.00 bits per heavy atom. The lowest BCUT2D eigenvalue weighted by Crippen LogP contribution is -2.38. The van der Waals surface area contributed by atoms with E-state index < -0.39 is 0 Å². The second-order valence-corrected chi connectivity index (χ2v) is 6.66. The third kappa shape index (κ3) is 3.52. The fraction of sp³-hybridized carbons (Fsp3) is 0.474. The van der Waals surface area contributed by atoms with Gasteiger partial charge in [-0.05, 0) is 74.3 Å². The van der Waals surface area contributed by atoms with Gasteiger partial charge in [0.25, 0.3) is 0 Å². The first-order chi connectivity index (χ1) is 11.0. The Labute approximate surface area is 136 Å². The van der Waals surface area contributed by atoms with Gasteiger partial charge in [0.2, 0.25) is 5.91 Å². The van der Waals surface area contributed by atoms with Crippen LogP contribution in [-0.2, 0) is 4.79 Å². The summed E-state index contributed by atoms with van der Waals surface area (Å²) in [4.78, 5) is 15.5. The lowest BCUT2D eigenvalue weighted by molar-refractivity contribution is -0.120. The molecule has 1 aliphatic carbocycles. The molecule has 1 atom stereocenters. The molecule has 1 aromatic carbocycles. The zero-order valence-electron chi connectivity index (χ0n) is 13.7. The van der Waals surface area contributed by atoms with Gasteiger partial charge in [-0.15, -0.1) is 0 Å². The highest BCUT2D eigenvalue weighted by atomic mass is 19.1. The average molecular weight is 314 g/mol. The zero-order valence-corrected chi connectivity index (χ0v) is 13.7. The first-order valence-corrected chi connectivity index (χ1v) is 8.36. The number of aromatic nitrogens is 1. The standard InChI is InChI=1S/C19H23FN2O/c1-12(22-13(2)23)14-3-5-15(6-4-14)17-9-10-21-19-8-7-16(20)11-18(17)19/h7-12,14-15H,3-6H2,1-2H3,(H,22,23). The van der Waals surface area contributed by atoms with Crippen molar-refractivity contribution in [3.05, 3.63) is 41.8 Å². The van der Waals surface area contributed by atoms with Crippen LogP contribution < -0.4 is 5.32 Å². The summed E-state index contributed by atoms with van der Waals surface area (Å²) in [7, 11) is 0. The van der Waals surface area contributed by atoms with E-state index in [0.717, 1.165) is 36.6 Å². The van der Waals surface area contributed by atoms with Crippen LogP contribution >= 0.6 is 0 Å². The first-order valence-electron chi connectivity index (χ1n) is 8.36. The molecule has 4 heteroatoms. The summed E-state index contributed by atoms with van der Waals surface area (Å²) in [6, 6.07) is 7.07. The molecule has 1 amide bonds. The number of fused-ring (bicyclic) bond motifs is 1. The van der Waals surface area contributed by atoms with Crippen molar-refractivity contribution < 1.29 is 9.18 Å². The lowest BCUT2D eigenvalue weighted by atomic mass is 9.75. The molecule has 122 valence electrons. The van der Waals surface area contributed by atoms with Crippen LogP contribution in [0.4, 0.5) is 4.39 Å². The molecule has 0 bridgehead atoms. The van der Waals surface area contributed by atoms with E-state index in [-0.39, 0.29) is 17.8 Å². The predicted molar refractivity (Wildman–Crippen MR) is 89.7 cm³/mol. The van der Waals surface area contributed by atoms with Crippen molar-refractivity contribution in [1.82, 2.24) is 10.3 Å². The zero-order chi connectivity index (χ0) is 16.4. The lowest BCUT2D eigenvalue weighted by Gasteiger charge is -2.33. The normalized spacial score (nSPS) is 22.7. The molecule has 1 N–H and O–H groups in total. The maximum absolute atomic E-state index is 13.6. The van der Waals surface area contributed by atoms with Gasteiger partial charge in [-0.3, -0.25) is 9.78 Å². The molecular formula is C19H23FN2O. The van der Waals surface area contributed by atoms with Crippen LogP contribution in [0.25, 0.3) is 10.9 Å². The summed E-state index contributed by atoms with van der Waals surface area (Å²) in [6.45, 7) is 3.66. The number of hydrogen-bond donors (Lipinski definition) is 1. The van der Waals surface area contributed by atoms with E-state index >= 15 is 0 Å². The molecule has 0 aliphatic heterocycles. The molecule has 1 aliphatic rings. The summed E-state index contributed by atoms with van der Waals surface area (Å²) < 4.78 is 13.6. The quantitative estimate of drug-likeness (QED) is 0.924. The second-order valence-electron chi connectivity index (χ2n) is 6.66. The van der Waals surface area contributed by atoms with Crippen LogP contribution in [-0.4, -0.2) is 16.9 Å². The number of halogens is 1. The number of amides is 1. The Morgan fingerprint density at radius 1 is 1.26 bits per heavy atom. The third-order valence-corrected chi connectivity index (χ3v) is 5.09. The molecule has 1 aromatic heterocycles. The molecule has 1 heterocycles. The van der Waals surface area contributed by atoms with E-state index in [0.29, 0.717) is 11.8 Å². The molecule has 1 unspecified atom stereocenters. The maximum atomic E-state index is 13.6. The Morgan fingerprint density at radius 3 is 2.70 bits per heavy atom. The van der Waals surface area contributed by atoms with Gasteiger partial charge >= 0.3 is 0 Å². The maximum Gasteiger partial charge on any atom is 0.217 e. The summed E-state index contributed by atoms with van der Waals surface area (Å²) in [5.41, 5.74) is 2.07. The van der Waals surface area contributed by atoms with Gasteiger partial charge in [0.1, 0.15) is 5.82 Å². The molecule has 2 aromatic rings. The van der Waals surface area contributed by atoms with Crippen molar-refractivity contribution in [1.29, 1.82) is 0 Å². The van der Waals surface area contributed by atoms with E-state index in [2.05, 4.69) is 17.2 Å². The number of benzene rings is 1. The third-order valence-electron chi connectivity index (χ3n) is 5.09. The van der Waals surface area contributed by atoms with Gasteiger partial charge in [0, 0.05) is 24.5 Å². The number of hydrogen-bond acceptors (Lipinski definition) is 2. The molecule has 3 rings (SSSR count). The Hall–Kier alpha value is -1.97. The van der Waals surface area contributed by atoms with Crippen molar-refractivity contribution in [2.24, 2.45) is 5.92 Å². The number of rotatable bonds is 3. The highest BCUT2D eigenvalue weighted by molar-refractivity contribution is 5.82. The number of nitrogens with one attached hydrogen (secondary N) is 1. The van der Waals surface area contributed by atoms with Gasteiger partial charge < -0.3 is 5.32 Å². The molecule has 3 nitrogen and oxygen atoms in total. The fourth-order valence-electron chi connectivity index (χ4n) is 3.86. The molecular weight excluding hydrogens is 291 g/mol. The molecule has 0 saturated heterocycles. The van der Waals surface area contributed by atoms with Crippen molar-refractivity contribution in [2.75, 3.05) is 0 Å². The van der Waals surface area contributed by atoms with E-state index in [1.807, 2.05) is 12.3 Å². The van der Waals surface area contributed by atoms with E-state index in [4.69, 9.17) is 0 Å². The van der Waals surface area contributed by atoms with E-state index in [1.165, 1.54) is 11.6 Å². The van der Waals surface area contributed by atoms with Gasteiger partial charge in [0.15, 0.2) is 0 Å². The number of pyridine rings is 1. The van der Waals surface area contributed by atoms with Gasteiger partial charge in [-0.25, -0.2) is 4.39 Å². The number of nitrogens with zero attached hydrogens (tertiary/aromatic N) is 1. The minimum absolute atomic E-state index is 0.0372. The smallest absolute Gasteiger partial charge is 0.217 e. The molecule has 1 saturated carbocycles. The SMILES string of the molecule is CC(=O)NC(C)C1CCC(c2ccnc3ccc(F)cc23)CC1. The highest BCUT2D eigenvalue weighted by Crippen LogP contribution is 2.39. The van der Waals surface area contributed by atoms with Crippen molar-refractivity contribution in [2.45, 2.75) is 51.5 Å². The van der Waals surface area contributed by atoms with Gasteiger partial charge in [-0.1, -0.05) is 0 Å². The van der Waals surface area contributed by atoms with Crippen LogP contribution in [0.15, 0.2) is 30.5 Å². The summed E-state index contributed by atoms with van der Waals surface area (Å²) in [6.07, 6.45) is 6.15. The Kier molecular flexibility index (Phi) is 4.60. The van der Waals surface area contributed by atoms with Crippen molar-refractivity contribution in [3.63, 3.8) is 0 Å². The van der Waals surface area contributed by atoms with Crippen molar-refractivity contribution >= 4 is 16.8 Å². The van der Waals surface area contributed by atoms with Gasteiger partial charge in [-0.2, -0.15) is 0 Å². The highest BCUT2D eigenvalue weighted by Gasteiger charge is 2.27. The Bertz CT molecular complexity index is 708. The van der Waals surface area contributed by atoms with Crippen LogP contribution in [0.1, 0.15) is 51.0 Å².